The third kappa shape index (κ3) is 3.95. The van der Waals surface area contributed by atoms with Crippen LogP contribution in [0.15, 0.2) is 52.1 Å². The zero-order valence-corrected chi connectivity index (χ0v) is 18.1. The number of hydrogen-bond acceptors (Lipinski definition) is 3. The largest absolute Gasteiger partial charge is 0.326 e. The van der Waals surface area contributed by atoms with Gasteiger partial charge < -0.3 is 14.9 Å². The second kappa shape index (κ2) is 8.40. The summed E-state index contributed by atoms with van der Waals surface area (Å²) in [6.07, 6.45) is 3.92. The van der Waals surface area contributed by atoms with E-state index in [1.807, 2.05) is 51.6 Å². The van der Waals surface area contributed by atoms with Crippen molar-refractivity contribution in [1.29, 1.82) is 0 Å². The van der Waals surface area contributed by atoms with E-state index in [1.54, 1.807) is 0 Å². The van der Waals surface area contributed by atoms with Crippen molar-refractivity contribution >= 4 is 33.7 Å². The molecule has 4 aromatic rings. The first-order valence-corrected chi connectivity index (χ1v) is 11.3. The van der Waals surface area contributed by atoms with Gasteiger partial charge in [0, 0.05) is 30.7 Å². The molecule has 0 atom stereocenters. The molecule has 3 heterocycles. The van der Waals surface area contributed by atoms with Crippen LogP contribution in [-0.2, 0) is 6.54 Å². The maximum Gasteiger partial charge on any atom is 0.326 e. The number of hydrogen-bond donors (Lipinski definition) is 2. The summed E-state index contributed by atoms with van der Waals surface area (Å²) in [4.78, 5) is 33.0. The number of halogens is 1. The fourth-order valence-corrected chi connectivity index (χ4v) is 4.97. The number of nitrogens with zero attached hydrogens (tertiary/aromatic N) is 3. The third-order valence-corrected chi connectivity index (χ3v) is 6.62. The van der Waals surface area contributed by atoms with E-state index >= 15 is 0 Å². The number of H-pyrrole nitrogens is 2. The van der Waals surface area contributed by atoms with Crippen molar-refractivity contribution in [2.24, 2.45) is 0 Å². The van der Waals surface area contributed by atoms with Crippen molar-refractivity contribution in [3.63, 3.8) is 0 Å². The van der Waals surface area contributed by atoms with E-state index in [9.17, 15) is 9.59 Å². The van der Waals surface area contributed by atoms with E-state index < -0.39 is 0 Å². The van der Waals surface area contributed by atoms with Gasteiger partial charge >= 0.3 is 11.4 Å². The van der Waals surface area contributed by atoms with E-state index in [2.05, 4.69) is 14.9 Å². The molecule has 0 spiro atoms. The van der Waals surface area contributed by atoms with Crippen LogP contribution in [0.1, 0.15) is 31.7 Å². The molecule has 0 unspecified atom stereocenters. The Morgan fingerprint density at radius 1 is 0.871 bits per heavy atom. The van der Waals surface area contributed by atoms with Crippen molar-refractivity contribution in [2.75, 3.05) is 19.6 Å². The summed E-state index contributed by atoms with van der Waals surface area (Å²) in [7, 11) is 0. The van der Waals surface area contributed by atoms with E-state index in [1.165, 1.54) is 0 Å². The van der Waals surface area contributed by atoms with Crippen LogP contribution in [0.2, 0.25) is 5.02 Å². The number of para-hydroxylation sites is 2. The second-order valence-corrected chi connectivity index (χ2v) is 8.78. The van der Waals surface area contributed by atoms with Gasteiger partial charge in [-0.3, -0.25) is 9.13 Å². The first-order chi connectivity index (χ1) is 15.1. The van der Waals surface area contributed by atoms with Gasteiger partial charge in [-0.15, -0.1) is 0 Å². The minimum absolute atomic E-state index is 0.0347. The van der Waals surface area contributed by atoms with Crippen molar-refractivity contribution in [3.8, 4) is 0 Å². The van der Waals surface area contributed by atoms with Gasteiger partial charge in [-0.1, -0.05) is 23.7 Å². The second-order valence-electron chi connectivity index (χ2n) is 8.34. The average molecular weight is 440 g/mol. The highest BCUT2D eigenvalue weighted by Gasteiger charge is 2.23. The molecule has 8 heteroatoms. The van der Waals surface area contributed by atoms with Gasteiger partial charge in [0.05, 0.1) is 22.1 Å². The molecule has 0 radical (unpaired) electrons. The molecule has 5 rings (SSSR count). The molecule has 1 fully saturated rings. The van der Waals surface area contributed by atoms with E-state index in [-0.39, 0.29) is 17.4 Å². The van der Waals surface area contributed by atoms with Crippen molar-refractivity contribution in [1.82, 2.24) is 24.0 Å². The van der Waals surface area contributed by atoms with Gasteiger partial charge in [0.2, 0.25) is 0 Å². The Labute approximate surface area is 184 Å². The summed E-state index contributed by atoms with van der Waals surface area (Å²) in [6.45, 7) is 3.70. The highest BCUT2D eigenvalue weighted by Crippen LogP contribution is 2.26. The van der Waals surface area contributed by atoms with Crippen molar-refractivity contribution < 1.29 is 0 Å². The van der Waals surface area contributed by atoms with E-state index in [0.717, 1.165) is 73.9 Å². The summed E-state index contributed by atoms with van der Waals surface area (Å²) in [6, 6.07) is 13.6. The predicted octanol–water partition coefficient (Wildman–Crippen LogP) is 3.74. The number of imidazole rings is 2. The number of nitrogens with one attached hydrogen (secondary N) is 2. The number of piperidine rings is 1. The molecule has 7 nitrogen and oxygen atoms in total. The number of rotatable bonds is 6. The summed E-state index contributed by atoms with van der Waals surface area (Å²) in [5.41, 5.74) is 3.50. The Balaban J connectivity index is 1.15. The van der Waals surface area contributed by atoms with Crippen LogP contribution in [0.25, 0.3) is 22.1 Å². The van der Waals surface area contributed by atoms with E-state index in [0.29, 0.717) is 5.02 Å². The topological polar surface area (TPSA) is 78.8 Å². The van der Waals surface area contributed by atoms with Crippen LogP contribution in [0.5, 0.6) is 0 Å². The van der Waals surface area contributed by atoms with Gasteiger partial charge in [-0.25, -0.2) is 9.59 Å². The number of aromatic nitrogens is 4. The molecule has 0 aliphatic carbocycles. The highest BCUT2D eigenvalue weighted by molar-refractivity contribution is 6.31. The highest BCUT2D eigenvalue weighted by atomic mass is 35.5. The number of likely N-dealkylation sites (tertiary alicyclic amines) is 1. The minimum Gasteiger partial charge on any atom is -0.306 e. The average Bonchev–Trinajstić information content (AvgIpc) is 3.26. The summed E-state index contributed by atoms with van der Waals surface area (Å²) >= 11 is 6.06. The van der Waals surface area contributed by atoms with E-state index in [4.69, 9.17) is 11.6 Å². The van der Waals surface area contributed by atoms with Gasteiger partial charge in [0.25, 0.3) is 0 Å². The maximum atomic E-state index is 12.5. The lowest BCUT2D eigenvalue weighted by Crippen LogP contribution is -2.37. The van der Waals surface area contributed by atoms with Gasteiger partial charge in [-0.05, 0) is 62.6 Å². The molecule has 31 heavy (non-hydrogen) atoms. The Morgan fingerprint density at radius 3 is 2.45 bits per heavy atom. The van der Waals surface area contributed by atoms with Crippen LogP contribution < -0.4 is 11.4 Å². The Morgan fingerprint density at radius 2 is 1.61 bits per heavy atom. The van der Waals surface area contributed by atoms with Crippen LogP contribution in [0.4, 0.5) is 0 Å². The number of aromatic amines is 2. The Hall–Kier alpha value is -2.77. The molecule has 1 saturated heterocycles. The molecule has 0 bridgehead atoms. The maximum absolute atomic E-state index is 12.5. The number of benzene rings is 2. The minimum atomic E-state index is -0.0557. The molecule has 2 aromatic heterocycles. The number of unbranched alkanes of at least 4 members (excludes halogenated alkanes) is 1. The standard InChI is InChI=1S/C23H26ClN5O2/c24-16-7-8-21-19(15-16)26-23(31)29(21)17-9-13-27(14-10-17)11-3-4-12-28-20-6-2-1-5-18(20)25-22(28)30/h1-2,5-8,15,17H,3-4,9-14H2,(H,25,30)(H,26,31). The molecule has 162 valence electrons. The molecule has 0 saturated carbocycles. The fourth-order valence-electron chi connectivity index (χ4n) is 4.80. The van der Waals surface area contributed by atoms with Gasteiger partial charge in [0.1, 0.15) is 0 Å². The molecule has 0 amide bonds. The van der Waals surface area contributed by atoms with Crippen LogP contribution in [0, 0.1) is 0 Å². The summed E-state index contributed by atoms with van der Waals surface area (Å²) < 4.78 is 3.73. The molecule has 1 aliphatic heterocycles. The SMILES string of the molecule is O=c1[nH]c2ccccc2n1CCCCN1CCC(n2c(=O)[nH]c3cc(Cl)ccc32)CC1. The molecular weight excluding hydrogens is 414 g/mol. The quantitative estimate of drug-likeness (QED) is 0.449. The monoisotopic (exact) mass is 439 g/mol. The van der Waals surface area contributed by atoms with Gasteiger partial charge in [0.15, 0.2) is 0 Å². The number of fused-ring (bicyclic) bond motifs is 2. The smallest absolute Gasteiger partial charge is 0.306 e. The van der Waals surface area contributed by atoms with Crippen molar-refractivity contribution in [2.45, 2.75) is 38.3 Å². The first-order valence-electron chi connectivity index (χ1n) is 10.9. The van der Waals surface area contributed by atoms with Crippen molar-refractivity contribution in [3.05, 3.63) is 68.5 Å². The zero-order chi connectivity index (χ0) is 21.4. The lowest BCUT2D eigenvalue weighted by atomic mass is 10.0. The Bertz CT molecular complexity index is 1320. The lowest BCUT2D eigenvalue weighted by molar-refractivity contribution is 0.183. The van der Waals surface area contributed by atoms with Crippen LogP contribution >= 0.6 is 11.6 Å². The Kier molecular flexibility index (Phi) is 5.46. The predicted molar refractivity (Wildman–Crippen MR) is 124 cm³/mol. The summed E-state index contributed by atoms with van der Waals surface area (Å²) in [5.74, 6) is 0. The normalized spacial score (nSPS) is 15.9. The number of aryl methyl sites for hydroxylation is 1. The van der Waals surface area contributed by atoms with Gasteiger partial charge in [-0.2, -0.15) is 0 Å². The molecule has 2 aromatic carbocycles. The fraction of sp³-hybridized carbons (Fsp3) is 0.391. The van der Waals surface area contributed by atoms with Crippen LogP contribution in [0.3, 0.4) is 0 Å². The lowest BCUT2D eigenvalue weighted by Gasteiger charge is -2.32. The summed E-state index contributed by atoms with van der Waals surface area (Å²) in [5, 5.41) is 0.630. The first kappa shape index (κ1) is 20.2. The van der Waals surface area contributed by atoms with Crippen LogP contribution in [-0.4, -0.2) is 43.6 Å². The molecule has 2 N–H and O–H groups in total. The third-order valence-electron chi connectivity index (χ3n) is 6.39. The molecule has 1 aliphatic rings. The zero-order valence-electron chi connectivity index (χ0n) is 17.3. The molecular formula is C23H26ClN5O2.